The average Bonchev–Trinajstić information content (AvgIpc) is 2.50. The molecular weight excluding hydrogens is 354 g/mol. The Hall–Kier alpha value is -2.68. The molecule has 0 saturated carbocycles. The van der Waals surface area contributed by atoms with E-state index in [-0.39, 0.29) is 23.4 Å². The molecule has 0 radical (unpaired) electrons. The van der Waals surface area contributed by atoms with Crippen LogP contribution in [0.25, 0.3) is 0 Å². The number of carbonyl (C=O) groups is 3. The number of nitro groups is 1. The Morgan fingerprint density at radius 3 is 2.52 bits per heavy atom. The zero-order valence-electron chi connectivity index (χ0n) is 13.7. The molecule has 0 aliphatic rings. The summed E-state index contributed by atoms with van der Waals surface area (Å²) in [5, 5.41) is 24.4. The Kier molecular flexibility index (Phi) is 6.86. The second-order valence-electron chi connectivity index (χ2n) is 5.90. The summed E-state index contributed by atoms with van der Waals surface area (Å²) >= 11 is 5.84. The van der Waals surface area contributed by atoms with Gasteiger partial charge in [-0.2, -0.15) is 0 Å². The van der Waals surface area contributed by atoms with Gasteiger partial charge in [0, 0.05) is 18.0 Å². The van der Waals surface area contributed by atoms with Gasteiger partial charge in [0.15, 0.2) is 0 Å². The predicted octanol–water partition coefficient (Wildman–Crippen LogP) is 1.74. The second-order valence-corrected chi connectivity index (χ2v) is 6.31. The number of carboxylic acids is 1. The lowest BCUT2D eigenvalue weighted by Gasteiger charge is -2.25. The first-order chi connectivity index (χ1) is 11.5. The van der Waals surface area contributed by atoms with Crippen LogP contribution in [0.2, 0.25) is 5.02 Å². The molecule has 2 amide bonds. The molecule has 1 aromatic rings. The molecule has 0 aliphatic carbocycles. The zero-order valence-corrected chi connectivity index (χ0v) is 14.4. The normalized spacial score (nSPS) is 10.8. The second kappa shape index (κ2) is 8.43. The van der Waals surface area contributed by atoms with Gasteiger partial charge in [0.05, 0.1) is 16.5 Å². The molecule has 0 spiro atoms. The van der Waals surface area contributed by atoms with E-state index in [1.807, 2.05) is 0 Å². The van der Waals surface area contributed by atoms with Gasteiger partial charge in [0.1, 0.15) is 5.56 Å². The summed E-state index contributed by atoms with van der Waals surface area (Å²) < 4.78 is 0. The van der Waals surface area contributed by atoms with Gasteiger partial charge >= 0.3 is 5.97 Å². The molecule has 136 valence electrons. The first kappa shape index (κ1) is 20.4. The molecule has 0 aromatic heterocycles. The van der Waals surface area contributed by atoms with Crippen molar-refractivity contribution in [1.29, 1.82) is 0 Å². The van der Waals surface area contributed by atoms with Crippen LogP contribution in [0.3, 0.4) is 0 Å². The van der Waals surface area contributed by atoms with E-state index >= 15 is 0 Å². The first-order valence-corrected chi connectivity index (χ1v) is 7.65. The van der Waals surface area contributed by atoms with Crippen LogP contribution in [0.1, 0.15) is 37.0 Å². The van der Waals surface area contributed by atoms with Crippen molar-refractivity contribution in [3.8, 4) is 0 Å². The lowest BCUT2D eigenvalue weighted by atomic mass is 9.98. The van der Waals surface area contributed by atoms with Gasteiger partial charge in [-0.1, -0.05) is 17.7 Å². The summed E-state index contributed by atoms with van der Waals surface area (Å²) in [4.78, 5) is 44.8. The van der Waals surface area contributed by atoms with Gasteiger partial charge in [-0.05, 0) is 26.3 Å². The molecular formula is C15H18ClN3O6. The molecule has 0 unspecified atom stereocenters. The fourth-order valence-corrected chi connectivity index (χ4v) is 2.30. The summed E-state index contributed by atoms with van der Waals surface area (Å²) in [5.41, 5.74) is -1.57. The molecule has 0 saturated heterocycles. The number of benzene rings is 1. The Labute approximate surface area is 148 Å². The van der Waals surface area contributed by atoms with Gasteiger partial charge in [-0.15, -0.1) is 0 Å². The molecule has 10 heteroatoms. The Morgan fingerprint density at radius 1 is 1.32 bits per heavy atom. The van der Waals surface area contributed by atoms with Gasteiger partial charge in [-0.3, -0.25) is 24.5 Å². The summed E-state index contributed by atoms with van der Waals surface area (Å²) in [6, 6.07) is 3.81. The van der Waals surface area contributed by atoms with Crippen molar-refractivity contribution in [2.24, 2.45) is 0 Å². The monoisotopic (exact) mass is 371 g/mol. The van der Waals surface area contributed by atoms with Crippen LogP contribution in [-0.2, 0) is 9.59 Å². The highest BCUT2D eigenvalue weighted by atomic mass is 35.5. The van der Waals surface area contributed by atoms with E-state index in [9.17, 15) is 24.5 Å². The maximum Gasteiger partial charge on any atom is 0.303 e. The van der Waals surface area contributed by atoms with Crippen molar-refractivity contribution in [2.45, 2.75) is 32.2 Å². The highest BCUT2D eigenvalue weighted by Gasteiger charge is 2.25. The number of carbonyl (C=O) groups excluding carboxylic acids is 2. The van der Waals surface area contributed by atoms with Crippen molar-refractivity contribution in [1.82, 2.24) is 10.6 Å². The standard InChI is InChI=1S/C15H18ClN3O6/c1-15(2,7-6-12(21)22)18-11(20)8-17-14(23)13-9(16)4-3-5-10(13)19(24)25/h3-5H,6-8H2,1-2H3,(H,17,23)(H,18,20)(H,21,22). The third kappa shape index (κ3) is 6.38. The number of nitrogens with zero attached hydrogens (tertiary/aromatic N) is 1. The van der Waals surface area contributed by atoms with Crippen LogP contribution >= 0.6 is 11.6 Å². The SMILES string of the molecule is CC(C)(CCC(=O)O)NC(=O)CNC(=O)c1c(Cl)cccc1[N+](=O)[O-]. The summed E-state index contributed by atoms with van der Waals surface area (Å²) in [7, 11) is 0. The molecule has 1 aromatic carbocycles. The largest absolute Gasteiger partial charge is 0.481 e. The van der Waals surface area contributed by atoms with Crippen LogP contribution in [0.15, 0.2) is 18.2 Å². The minimum absolute atomic E-state index is 0.103. The first-order valence-electron chi connectivity index (χ1n) is 7.27. The number of hydrogen-bond acceptors (Lipinski definition) is 5. The van der Waals surface area contributed by atoms with E-state index in [1.165, 1.54) is 12.1 Å². The van der Waals surface area contributed by atoms with Crippen LogP contribution in [0, 0.1) is 10.1 Å². The number of rotatable bonds is 8. The molecule has 3 N–H and O–H groups in total. The smallest absolute Gasteiger partial charge is 0.303 e. The lowest BCUT2D eigenvalue weighted by Crippen LogP contribution is -2.48. The highest BCUT2D eigenvalue weighted by molar-refractivity contribution is 6.34. The molecule has 9 nitrogen and oxygen atoms in total. The third-order valence-electron chi connectivity index (χ3n) is 3.27. The number of hydrogen-bond donors (Lipinski definition) is 3. The van der Waals surface area contributed by atoms with Crippen molar-refractivity contribution in [2.75, 3.05) is 6.54 Å². The topological polar surface area (TPSA) is 139 Å². The number of nitro benzene ring substituents is 1. The number of halogens is 1. The number of amides is 2. The van der Waals surface area contributed by atoms with E-state index in [0.717, 1.165) is 6.07 Å². The predicted molar refractivity (Wildman–Crippen MR) is 89.5 cm³/mol. The van der Waals surface area contributed by atoms with Gasteiger partial charge in [-0.25, -0.2) is 0 Å². The fraction of sp³-hybridized carbons (Fsp3) is 0.400. The number of aliphatic carboxylic acids is 1. The zero-order chi connectivity index (χ0) is 19.2. The van der Waals surface area contributed by atoms with Crippen molar-refractivity contribution < 1.29 is 24.4 Å². The molecule has 0 aliphatic heterocycles. The van der Waals surface area contributed by atoms with Gasteiger partial charge < -0.3 is 15.7 Å². The van der Waals surface area contributed by atoms with Crippen LogP contribution in [0.4, 0.5) is 5.69 Å². The van der Waals surface area contributed by atoms with Gasteiger partial charge in [0.25, 0.3) is 11.6 Å². The molecule has 1 rings (SSSR count). The molecule has 25 heavy (non-hydrogen) atoms. The molecule has 0 heterocycles. The summed E-state index contributed by atoms with van der Waals surface area (Å²) in [6.45, 7) is 2.86. The molecule has 0 bridgehead atoms. The molecule has 0 fully saturated rings. The van der Waals surface area contributed by atoms with Crippen LogP contribution in [0.5, 0.6) is 0 Å². The quantitative estimate of drug-likeness (QED) is 0.470. The van der Waals surface area contributed by atoms with E-state index in [4.69, 9.17) is 16.7 Å². The lowest BCUT2D eigenvalue weighted by molar-refractivity contribution is -0.385. The van der Waals surface area contributed by atoms with E-state index in [0.29, 0.717) is 0 Å². The summed E-state index contributed by atoms with van der Waals surface area (Å²) in [6.07, 6.45) is 0.0868. The maximum absolute atomic E-state index is 12.1. The number of carboxylic acid groups (broad SMARTS) is 1. The highest BCUT2D eigenvalue weighted by Crippen LogP contribution is 2.25. The Balaban J connectivity index is 2.70. The van der Waals surface area contributed by atoms with Crippen molar-refractivity contribution >= 4 is 35.1 Å². The van der Waals surface area contributed by atoms with Crippen LogP contribution in [-0.4, -0.2) is 39.9 Å². The Bertz CT molecular complexity index is 705. The maximum atomic E-state index is 12.1. The summed E-state index contributed by atoms with van der Waals surface area (Å²) in [5.74, 6) is -2.39. The van der Waals surface area contributed by atoms with Crippen LogP contribution < -0.4 is 10.6 Å². The molecule has 0 atom stereocenters. The van der Waals surface area contributed by atoms with E-state index in [2.05, 4.69) is 10.6 Å². The van der Waals surface area contributed by atoms with Gasteiger partial charge in [0.2, 0.25) is 5.91 Å². The average molecular weight is 372 g/mol. The minimum atomic E-state index is -0.985. The van der Waals surface area contributed by atoms with E-state index < -0.39 is 40.5 Å². The van der Waals surface area contributed by atoms with Crippen molar-refractivity contribution in [3.05, 3.63) is 38.9 Å². The fourth-order valence-electron chi connectivity index (χ4n) is 2.04. The Morgan fingerprint density at radius 2 is 1.96 bits per heavy atom. The van der Waals surface area contributed by atoms with Crippen molar-refractivity contribution in [3.63, 3.8) is 0 Å². The minimum Gasteiger partial charge on any atom is -0.481 e. The third-order valence-corrected chi connectivity index (χ3v) is 3.58. The van der Waals surface area contributed by atoms with E-state index in [1.54, 1.807) is 13.8 Å². The number of nitrogens with one attached hydrogen (secondary N) is 2.